The lowest BCUT2D eigenvalue weighted by Crippen LogP contribution is -2.41. The normalized spacial score (nSPS) is 26.4. The first-order valence-electron chi connectivity index (χ1n) is 10.3. The average Bonchev–Trinajstić information content (AvgIpc) is 3.16. The van der Waals surface area contributed by atoms with Crippen molar-refractivity contribution < 1.29 is 19.1 Å². The molecule has 1 aliphatic carbocycles. The number of rotatable bonds is 5. The van der Waals surface area contributed by atoms with Crippen molar-refractivity contribution in [2.24, 2.45) is 5.92 Å². The molecule has 1 amide bonds. The molecule has 1 aliphatic heterocycles. The van der Waals surface area contributed by atoms with E-state index in [-0.39, 0.29) is 12.0 Å². The number of carbonyl (C=O) groups is 2. The first-order chi connectivity index (χ1) is 14.1. The van der Waals surface area contributed by atoms with Gasteiger partial charge in [-0.25, -0.2) is 0 Å². The lowest BCUT2D eigenvalue weighted by atomic mass is 9.84. The van der Waals surface area contributed by atoms with Crippen molar-refractivity contribution >= 4 is 12.2 Å². The van der Waals surface area contributed by atoms with E-state index in [1.54, 1.807) is 36.2 Å². The van der Waals surface area contributed by atoms with E-state index in [1.807, 2.05) is 18.2 Å². The van der Waals surface area contributed by atoms with Crippen LogP contribution in [-0.4, -0.2) is 43.1 Å². The third kappa shape index (κ3) is 4.26. The Kier molecular flexibility index (Phi) is 5.79. The molecule has 3 unspecified atom stereocenters. The van der Waals surface area contributed by atoms with Gasteiger partial charge in [0.1, 0.15) is 6.10 Å². The average molecular weight is 393 g/mol. The van der Waals surface area contributed by atoms with Crippen LogP contribution in [0.3, 0.4) is 0 Å². The van der Waals surface area contributed by atoms with Crippen LogP contribution < -0.4 is 0 Å². The highest BCUT2D eigenvalue weighted by atomic mass is 16.7. The molecular formula is C24H27NO4. The van der Waals surface area contributed by atoms with E-state index >= 15 is 0 Å². The fraction of sp³-hybridized carbons (Fsp3) is 0.417. The molecule has 0 radical (unpaired) electrons. The van der Waals surface area contributed by atoms with E-state index < -0.39 is 5.79 Å². The molecule has 1 heterocycles. The van der Waals surface area contributed by atoms with Crippen molar-refractivity contribution in [1.29, 1.82) is 0 Å². The Balaban J connectivity index is 1.40. The molecule has 2 aromatic rings. The second kappa shape index (κ2) is 8.47. The summed E-state index contributed by atoms with van der Waals surface area (Å²) in [6.45, 7) is 1.19. The molecule has 5 heteroatoms. The Morgan fingerprint density at radius 2 is 1.93 bits per heavy atom. The summed E-state index contributed by atoms with van der Waals surface area (Å²) in [6.07, 6.45) is 4.42. The monoisotopic (exact) mass is 393 g/mol. The lowest BCUT2D eigenvalue weighted by Gasteiger charge is -2.38. The van der Waals surface area contributed by atoms with Crippen LogP contribution in [0.4, 0.5) is 0 Å². The molecule has 0 bridgehead atoms. The van der Waals surface area contributed by atoms with Crippen LogP contribution in [0.15, 0.2) is 54.6 Å². The second-order valence-electron chi connectivity index (χ2n) is 8.09. The molecule has 1 spiro atoms. The number of nitrogens with zero attached hydrogens (tertiary/aromatic N) is 1. The van der Waals surface area contributed by atoms with E-state index in [0.29, 0.717) is 30.2 Å². The van der Waals surface area contributed by atoms with Gasteiger partial charge in [-0.2, -0.15) is 0 Å². The van der Waals surface area contributed by atoms with E-state index in [4.69, 9.17) is 9.47 Å². The lowest BCUT2D eigenvalue weighted by molar-refractivity contribution is -0.198. The van der Waals surface area contributed by atoms with Crippen LogP contribution in [0.1, 0.15) is 58.1 Å². The number of amides is 1. The van der Waals surface area contributed by atoms with Gasteiger partial charge in [-0.15, -0.1) is 0 Å². The van der Waals surface area contributed by atoms with E-state index in [2.05, 4.69) is 12.1 Å². The second-order valence-corrected chi connectivity index (χ2v) is 8.09. The molecule has 1 saturated heterocycles. The summed E-state index contributed by atoms with van der Waals surface area (Å²) in [5, 5.41) is 0. The molecule has 29 heavy (non-hydrogen) atoms. The summed E-state index contributed by atoms with van der Waals surface area (Å²) in [6, 6.07) is 17.1. The maximum absolute atomic E-state index is 12.9. The zero-order valence-electron chi connectivity index (χ0n) is 16.8. The minimum absolute atomic E-state index is 0.0335. The van der Waals surface area contributed by atoms with E-state index in [9.17, 15) is 9.59 Å². The van der Waals surface area contributed by atoms with Gasteiger partial charge >= 0.3 is 0 Å². The van der Waals surface area contributed by atoms with Crippen LogP contribution in [0.25, 0.3) is 0 Å². The molecule has 5 nitrogen and oxygen atoms in total. The van der Waals surface area contributed by atoms with Gasteiger partial charge in [-0.3, -0.25) is 9.59 Å². The molecule has 152 valence electrons. The van der Waals surface area contributed by atoms with Gasteiger partial charge < -0.3 is 14.4 Å². The summed E-state index contributed by atoms with van der Waals surface area (Å²) < 4.78 is 12.6. The molecule has 2 aliphatic rings. The fourth-order valence-electron chi connectivity index (χ4n) is 4.56. The first-order valence-corrected chi connectivity index (χ1v) is 10.3. The molecule has 3 atom stereocenters. The van der Waals surface area contributed by atoms with Gasteiger partial charge in [0.2, 0.25) is 0 Å². The van der Waals surface area contributed by atoms with Crippen molar-refractivity contribution in [2.45, 2.75) is 37.6 Å². The van der Waals surface area contributed by atoms with Crippen LogP contribution in [0.5, 0.6) is 0 Å². The summed E-state index contributed by atoms with van der Waals surface area (Å²) in [4.78, 5) is 25.8. The Labute approximate surface area is 171 Å². The Morgan fingerprint density at radius 3 is 2.72 bits per heavy atom. The van der Waals surface area contributed by atoms with Gasteiger partial charge in [0.15, 0.2) is 12.1 Å². The molecular weight excluding hydrogens is 366 g/mol. The van der Waals surface area contributed by atoms with Crippen LogP contribution in [0, 0.1) is 5.92 Å². The summed E-state index contributed by atoms with van der Waals surface area (Å²) in [7, 11) is 1.80. The van der Waals surface area contributed by atoms with Crippen LogP contribution >= 0.6 is 0 Å². The molecule has 4 rings (SSSR count). The van der Waals surface area contributed by atoms with Crippen molar-refractivity contribution in [1.82, 2.24) is 4.90 Å². The number of hydrogen-bond acceptors (Lipinski definition) is 4. The molecule has 0 aromatic heterocycles. The molecule has 0 N–H and O–H groups in total. The highest BCUT2D eigenvalue weighted by molar-refractivity contribution is 6.01. The summed E-state index contributed by atoms with van der Waals surface area (Å²) >= 11 is 0. The number of benzene rings is 2. The van der Waals surface area contributed by atoms with Gasteiger partial charge in [0.05, 0.1) is 12.2 Å². The smallest absolute Gasteiger partial charge is 0.254 e. The van der Waals surface area contributed by atoms with Gasteiger partial charge in [-0.1, -0.05) is 48.5 Å². The third-order valence-electron chi connectivity index (χ3n) is 5.99. The standard InChI is InChI=1S/C24H27NO4/c1-25(23(27)21-12-6-5-11-20(21)16-26)15-18-8-7-13-24(14-18)28-17-22(29-24)19-9-3-2-4-10-19/h2-6,9-12,16,18,22H,7-8,13-15,17H2,1H3. The highest BCUT2D eigenvalue weighted by Crippen LogP contribution is 2.44. The number of carbonyl (C=O) groups excluding carboxylic acids is 2. The summed E-state index contributed by atoms with van der Waals surface area (Å²) in [5.41, 5.74) is 2.02. The zero-order valence-corrected chi connectivity index (χ0v) is 16.8. The Hall–Kier alpha value is -2.50. The highest BCUT2D eigenvalue weighted by Gasteiger charge is 2.45. The minimum Gasteiger partial charge on any atom is -0.347 e. The number of hydrogen-bond donors (Lipinski definition) is 0. The zero-order chi connectivity index (χ0) is 20.3. The summed E-state index contributed by atoms with van der Waals surface area (Å²) in [5.74, 6) is -0.369. The van der Waals surface area contributed by atoms with Crippen LogP contribution in [-0.2, 0) is 9.47 Å². The van der Waals surface area contributed by atoms with E-state index in [1.165, 1.54) is 0 Å². The Bertz CT molecular complexity index is 868. The number of ether oxygens (including phenoxy) is 2. The molecule has 2 fully saturated rings. The van der Waals surface area contributed by atoms with Crippen molar-refractivity contribution in [2.75, 3.05) is 20.2 Å². The minimum atomic E-state index is -0.548. The van der Waals surface area contributed by atoms with Gasteiger partial charge in [0, 0.05) is 32.0 Å². The van der Waals surface area contributed by atoms with E-state index in [0.717, 1.165) is 37.5 Å². The van der Waals surface area contributed by atoms with Crippen molar-refractivity contribution in [3.05, 3.63) is 71.3 Å². The number of aldehydes is 1. The van der Waals surface area contributed by atoms with Gasteiger partial charge in [0.25, 0.3) is 5.91 Å². The molecule has 2 aromatic carbocycles. The molecule has 1 saturated carbocycles. The van der Waals surface area contributed by atoms with Gasteiger partial charge in [-0.05, 0) is 30.4 Å². The SMILES string of the molecule is CN(CC1CCCC2(C1)OCC(c1ccccc1)O2)C(=O)c1ccccc1C=O. The first kappa shape index (κ1) is 19.8. The maximum atomic E-state index is 12.9. The topological polar surface area (TPSA) is 55.8 Å². The van der Waals surface area contributed by atoms with Crippen molar-refractivity contribution in [3.8, 4) is 0 Å². The van der Waals surface area contributed by atoms with Crippen molar-refractivity contribution in [3.63, 3.8) is 0 Å². The quantitative estimate of drug-likeness (QED) is 0.713. The largest absolute Gasteiger partial charge is 0.347 e. The fourth-order valence-corrected chi connectivity index (χ4v) is 4.56. The van der Waals surface area contributed by atoms with Crippen LogP contribution in [0.2, 0.25) is 0 Å². The predicted octanol–water partition coefficient (Wildman–Crippen LogP) is 4.25. The maximum Gasteiger partial charge on any atom is 0.254 e. The third-order valence-corrected chi connectivity index (χ3v) is 5.99. The Morgan fingerprint density at radius 1 is 1.17 bits per heavy atom. The predicted molar refractivity (Wildman–Crippen MR) is 110 cm³/mol.